The first-order chi connectivity index (χ1) is 15.7. The maximum absolute atomic E-state index is 9.65. The van der Waals surface area contributed by atoms with Crippen LogP contribution >= 0.6 is 0 Å². The number of hydrogen-bond donors (Lipinski definition) is 0. The second kappa shape index (κ2) is 9.85. The molecule has 0 saturated carbocycles. The van der Waals surface area contributed by atoms with Crippen molar-refractivity contribution >= 4 is 22.4 Å². The van der Waals surface area contributed by atoms with Crippen LogP contribution in [0.15, 0.2) is 84.9 Å². The van der Waals surface area contributed by atoms with Crippen LogP contribution in [0.4, 0.5) is 0 Å². The lowest BCUT2D eigenvalue weighted by molar-refractivity contribution is 0.269. The predicted octanol–water partition coefficient (Wildman–Crippen LogP) is 7.19. The molecule has 0 fully saturated rings. The number of ether oxygens (including phenoxy) is 2. The van der Waals surface area contributed by atoms with Gasteiger partial charge in [-0.05, 0) is 65.6 Å². The minimum Gasteiger partial charge on any atom is -0.490 e. The Morgan fingerprint density at radius 3 is 2.38 bits per heavy atom. The standard InChI is InChI=1S/C29H25NO2/c1-3-31-29-18-22(16-27(19-30)25-12-8-21(2)9-13-25)11-15-28(29)32-20-23-10-14-24-6-4-5-7-26(24)17-23/h4-18H,3,20H2,1-2H3/b27-16-. The van der Waals surface area contributed by atoms with Crippen LogP contribution in [0.3, 0.4) is 0 Å². The van der Waals surface area contributed by atoms with Gasteiger partial charge in [-0.15, -0.1) is 0 Å². The van der Waals surface area contributed by atoms with Crippen LogP contribution in [0.1, 0.15) is 29.2 Å². The van der Waals surface area contributed by atoms with Crippen molar-refractivity contribution in [2.75, 3.05) is 6.61 Å². The molecule has 0 spiro atoms. The highest BCUT2D eigenvalue weighted by Crippen LogP contribution is 2.31. The zero-order valence-corrected chi connectivity index (χ0v) is 18.3. The normalized spacial score (nSPS) is 11.2. The van der Waals surface area contributed by atoms with Gasteiger partial charge in [-0.2, -0.15) is 5.26 Å². The molecule has 158 valence electrons. The third kappa shape index (κ3) is 4.99. The number of allylic oxidation sites excluding steroid dienone is 1. The van der Waals surface area contributed by atoms with E-state index in [9.17, 15) is 5.26 Å². The van der Waals surface area contributed by atoms with Crippen molar-refractivity contribution in [1.29, 1.82) is 5.26 Å². The van der Waals surface area contributed by atoms with E-state index in [2.05, 4.69) is 36.4 Å². The Morgan fingerprint density at radius 2 is 1.62 bits per heavy atom. The Morgan fingerprint density at radius 1 is 0.844 bits per heavy atom. The van der Waals surface area contributed by atoms with E-state index in [0.717, 1.165) is 22.3 Å². The molecule has 0 amide bonds. The lowest BCUT2D eigenvalue weighted by Crippen LogP contribution is -2.00. The van der Waals surface area contributed by atoms with Gasteiger partial charge in [0.2, 0.25) is 0 Å². The van der Waals surface area contributed by atoms with Gasteiger partial charge in [-0.3, -0.25) is 0 Å². The number of rotatable bonds is 7. The molecule has 0 aromatic heterocycles. The van der Waals surface area contributed by atoms with E-state index < -0.39 is 0 Å². The number of fused-ring (bicyclic) bond motifs is 1. The average Bonchev–Trinajstić information content (AvgIpc) is 2.82. The molecule has 4 rings (SSSR count). The molecule has 4 aromatic carbocycles. The van der Waals surface area contributed by atoms with Gasteiger partial charge in [0.05, 0.1) is 18.2 Å². The molecule has 3 nitrogen and oxygen atoms in total. The Hall–Kier alpha value is -4.03. The summed E-state index contributed by atoms with van der Waals surface area (Å²) < 4.78 is 11.9. The fraction of sp³-hybridized carbons (Fsp3) is 0.138. The summed E-state index contributed by atoms with van der Waals surface area (Å²) in [5.41, 5.74) is 4.66. The number of aryl methyl sites for hydroxylation is 1. The van der Waals surface area contributed by atoms with Crippen molar-refractivity contribution in [3.8, 4) is 17.6 Å². The summed E-state index contributed by atoms with van der Waals surface area (Å²) in [4.78, 5) is 0. The topological polar surface area (TPSA) is 42.2 Å². The van der Waals surface area contributed by atoms with Gasteiger partial charge in [0.15, 0.2) is 11.5 Å². The summed E-state index contributed by atoms with van der Waals surface area (Å²) >= 11 is 0. The van der Waals surface area contributed by atoms with Crippen molar-refractivity contribution in [3.05, 3.63) is 107 Å². The number of benzene rings is 4. The maximum atomic E-state index is 9.65. The van der Waals surface area contributed by atoms with E-state index in [-0.39, 0.29) is 0 Å². The van der Waals surface area contributed by atoms with E-state index >= 15 is 0 Å². The lowest BCUT2D eigenvalue weighted by atomic mass is 10.0. The van der Waals surface area contributed by atoms with Crippen LogP contribution < -0.4 is 9.47 Å². The van der Waals surface area contributed by atoms with Crippen LogP contribution in [0, 0.1) is 18.3 Å². The van der Waals surface area contributed by atoms with E-state index in [4.69, 9.17) is 9.47 Å². The van der Waals surface area contributed by atoms with Gasteiger partial charge in [0.1, 0.15) is 6.61 Å². The highest BCUT2D eigenvalue weighted by Gasteiger charge is 2.08. The van der Waals surface area contributed by atoms with E-state index in [0.29, 0.717) is 30.3 Å². The van der Waals surface area contributed by atoms with Gasteiger partial charge in [-0.1, -0.05) is 72.3 Å². The smallest absolute Gasteiger partial charge is 0.161 e. The molecule has 0 aliphatic carbocycles. The summed E-state index contributed by atoms with van der Waals surface area (Å²) in [5, 5.41) is 12.1. The predicted molar refractivity (Wildman–Crippen MR) is 131 cm³/mol. The summed E-state index contributed by atoms with van der Waals surface area (Å²) in [6, 6.07) is 30.7. The van der Waals surface area contributed by atoms with Gasteiger partial charge in [-0.25, -0.2) is 0 Å². The number of nitriles is 1. The quantitative estimate of drug-likeness (QED) is 0.235. The van der Waals surface area contributed by atoms with E-state index in [1.807, 2.05) is 74.5 Å². The maximum Gasteiger partial charge on any atom is 0.161 e. The fourth-order valence-corrected chi connectivity index (χ4v) is 3.57. The molecule has 0 aliphatic heterocycles. The minimum absolute atomic E-state index is 0.451. The molecular formula is C29H25NO2. The third-order valence-electron chi connectivity index (χ3n) is 5.27. The second-order valence-electron chi connectivity index (χ2n) is 7.65. The van der Waals surface area contributed by atoms with Crippen molar-refractivity contribution in [2.45, 2.75) is 20.5 Å². The van der Waals surface area contributed by atoms with Crippen LogP contribution in [0.2, 0.25) is 0 Å². The van der Waals surface area contributed by atoms with Crippen molar-refractivity contribution < 1.29 is 9.47 Å². The average molecular weight is 420 g/mol. The van der Waals surface area contributed by atoms with Crippen LogP contribution in [0.25, 0.3) is 22.4 Å². The summed E-state index contributed by atoms with van der Waals surface area (Å²) in [5.74, 6) is 1.36. The van der Waals surface area contributed by atoms with Crippen molar-refractivity contribution in [1.82, 2.24) is 0 Å². The Bertz CT molecular complexity index is 1300. The molecule has 0 radical (unpaired) electrons. The fourth-order valence-electron chi connectivity index (χ4n) is 3.57. The molecule has 4 aromatic rings. The first kappa shape index (κ1) is 21.2. The zero-order chi connectivity index (χ0) is 22.3. The lowest BCUT2D eigenvalue weighted by Gasteiger charge is -2.13. The molecule has 32 heavy (non-hydrogen) atoms. The molecule has 0 N–H and O–H groups in total. The first-order valence-electron chi connectivity index (χ1n) is 10.7. The Labute approximate surface area is 189 Å². The molecular weight excluding hydrogens is 394 g/mol. The highest BCUT2D eigenvalue weighted by molar-refractivity contribution is 5.90. The SMILES string of the molecule is CCOc1cc(/C=C(/C#N)c2ccc(C)cc2)ccc1OCc1ccc2ccccc2c1. The molecule has 0 bridgehead atoms. The Kier molecular flexibility index (Phi) is 6.53. The van der Waals surface area contributed by atoms with Gasteiger partial charge >= 0.3 is 0 Å². The number of hydrogen-bond acceptors (Lipinski definition) is 3. The summed E-state index contributed by atoms with van der Waals surface area (Å²) in [6.45, 7) is 4.96. The van der Waals surface area contributed by atoms with Crippen LogP contribution in [-0.2, 0) is 6.61 Å². The van der Waals surface area contributed by atoms with E-state index in [1.165, 1.54) is 10.8 Å². The molecule has 0 heterocycles. The summed E-state index contributed by atoms with van der Waals surface area (Å²) in [7, 11) is 0. The molecule has 0 saturated heterocycles. The monoisotopic (exact) mass is 419 g/mol. The van der Waals surface area contributed by atoms with Crippen LogP contribution in [0.5, 0.6) is 11.5 Å². The second-order valence-corrected chi connectivity index (χ2v) is 7.65. The minimum atomic E-state index is 0.451. The molecule has 0 unspecified atom stereocenters. The van der Waals surface area contributed by atoms with Gasteiger partial charge in [0, 0.05) is 0 Å². The summed E-state index contributed by atoms with van der Waals surface area (Å²) in [6.07, 6.45) is 1.88. The van der Waals surface area contributed by atoms with Crippen molar-refractivity contribution in [3.63, 3.8) is 0 Å². The molecule has 0 atom stereocenters. The van der Waals surface area contributed by atoms with Gasteiger partial charge < -0.3 is 9.47 Å². The zero-order valence-electron chi connectivity index (χ0n) is 18.3. The van der Waals surface area contributed by atoms with Crippen LogP contribution in [-0.4, -0.2) is 6.61 Å². The first-order valence-corrected chi connectivity index (χ1v) is 10.7. The van der Waals surface area contributed by atoms with E-state index in [1.54, 1.807) is 0 Å². The Balaban J connectivity index is 1.56. The highest BCUT2D eigenvalue weighted by atomic mass is 16.5. The van der Waals surface area contributed by atoms with Crippen molar-refractivity contribution in [2.24, 2.45) is 0 Å². The third-order valence-corrected chi connectivity index (χ3v) is 5.27. The largest absolute Gasteiger partial charge is 0.490 e. The molecule has 0 aliphatic rings. The van der Waals surface area contributed by atoms with Gasteiger partial charge in [0.25, 0.3) is 0 Å². The number of nitrogens with zero attached hydrogens (tertiary/aromatic N) is 1. The molecule has 3 heteroatoms.